The lowest BCUT2D eigenvalue weighted by Crippen LogP contribution is -2.63. The van der Waals surface area contributed by atoms with E-state index in [9.17, 15) is 9.59 Å². The van der Waals surface area contributed by atoms with E-state index in [0.717, 1.165) is 19.4 Å². The Morgan fingerprint density at radius 2 is 2.10 bits per heavy atom. The van der Waals surface area contributed by atoms with Gasteiger partial charge in [-0.05, 0) is 19.3 Å². The molecule has 2 aliphatic heterocycles. The lowest BCUT2D eigenvalue weighted by Gasteiger charge is -2.39. The van der Waals surface area contributed by atoms with Crippen LogP contribution in [0.2, 0.25) is 0 Å². The Hall–Kier alpha value is -2.03. The van der Waals surface area contributed by atoms with Crippen LogP contribution in [-0.2, 0) is 4.79 Å². The standard InChI is InChI=1S/C15H22N4O2/c1-5-6-7-11(2)8-9-19-10-16-13-12(19)14(20)18(4)15(21)17(13)3/h10-13H,7-9H2,1-4H3. The van der Waals surface area contributed by atoms with E-state index in [-0.39, 0.29) is 18.0 Å². The van der Waals surface area contributed by atoms with Crippen LogP contribution < -0.4 is 0 Å². The van der Waals surface area contributed by atoms with E-state index in [0.29, 0.717) is 5.92 Å². The molecule has 6 heteroatoms. The molecule has 21 heavy (non-hydrogen) atoms. The fourth-order valence-electron chi connectivity index (χ4n) is 2.65. The van der Waals surface area contributed by atoms with E-state index in [1.807, 2.05) is 11.8 Å². The smallest absolute Gasteiger partial charge is 0.328 e. The van der Waals surface area contributed by atoms with Crippen molar-refractivity contribution in [3.8, 4) is 11.8 Å². The zero-order chi connectivity index (χ0) is 15.6. The first-order chi connectivity index (χ1) is 9.97. The normalized spacial score (nSPS) is 25.8. The van der Waals surface area contributed by atoms with Crippen LogP contribution in [0.1, 0.15) is 26.7 Å². The SMILES string of the molecule is CC#CCC(C)CCN1C=NC2C1C(=O)N(C)C(=O)N2C. The highest BCUT2D eigenvalue weighted by Crippen LogP contribution is 2.25. The fraction of sp³-hybridized carbons (Fsp3) is 0.667. The first-order valence-corrected chi connectivity index (χ1v) is 7.20. The van der Waals surface area contributed by atoms with Gasteiger partial charge in [0.05, 0.1) is 6.34 Å². The quantitative estimate of drug-likeness (QED) is 0.726. The van der Waals surface area contributed by atoms with Gasteiger partial charge < -0.3 is 9.80 Å². The van der Waals surface area contributed by atoms with E-state index in [1.54, 1.807) is 13.4 Å². The number of urea groups is 1. The number of imide groups is 1. The Morgan fingerprint density at radius 1 is 1.38 bits per heavy atom. The van der Waals surface area contributed by atoms with Gasteiger partial charge in [0, 0.05) is 27.1 Å². The first kappa shape index (κ1) is 15.4. The van der Waals surface area contributed by atoms with Gasteiger partial charge in [-0.25, -0.2) is 9.79 Å². The Labute approximate surface area is 125 Å². The summed E-state index contributed by atoms with van der Waals surface area (Å²) in [5.41, 5.74) is 0. The van der Waals surface area contributed by atoms with Gasteiger partial charge in [0.15, 0.2) is 12.2 Å². The van der Waals surface area contributed by atoms with Crippen LogP contribution in [0.5, 0.6) is 0 Å². The van der Waals surface area contributed by atoms with Crippen molar-refractivity contribution in [2.24, 2.45) is 10.9 Å². The van der Waals surface area contributed by atoms with Crippen LogP contribution in [0, 0.1) is 17.8 Å². The van der Waals surface area contributed by atoms with E-state index in [4.69, 9.17) is 0 Å². The Kier molecular flexibility index (Phi) is 4.51. The molecule has 6 nitrogen and oxygen atoms in total. The second kappa shape index (κ2) is 6.17. The first-order valence-electron chi connectivity index (χ1n) is 7.20. The molecule has 3 unspecified atom stereocenters. The molecule has 0 N–H and O–H groups in total. The molecule has 3 amide bonds. The Balaban J connectivity index is 2.00. The third-order valence-electron chi connectivity index (χ3n) is 4.08. The molecule has 2 rings (SSSR count). The van der Waals surface area contributed by atoms with Crippen LogP contribution in [-0.4, -0.2) is 65.8 Å². The summed E-state index contributed by atoms with van der Waals surface area (Å²) in [5.74, 6) is 6.27. The minimum atomic E-state index is -0.396. The minimum absolute atomic E-state index is 0.179. The predicted octanol–water partition coefficient (Wildman–Crippen LogP) is 0.988. The van der Waals surface area contributed by atoms with Gasteiger partial charge in [-0.1, -0.05) is 6.92 Å². The van der Waals surface area contributed by atoms with E-state index >= 15 is 0 Å². The van der Waals surface area contributed by atoms with Gasteiger partial charge >= 0.3 is 6.03 Å². The molecule has 2 heterocycles. The van der Waals surface area contributed by atoms with Crippen LogP contribution in [0.15, 0.2) is 4.99 Å². The molecule has 2 aliphatic rings. The largest absolute Gasteiger partial charge is 0.347 e. The monoisotopic (exact) mass is 290 g/mol. The average molecular weight is 290 g/mol. The van der Waals surface area contributed by atoms with E-state index < -0.39 is 6.17 Å². The van der Waals surface area contributed by atoms with Crippen LogP contribution in [0.25, 0.3) is 0 Å². The molecule has 3 atom stereocenters. The van der Waals surface area contributed by atoms with Gasteiger partial charge in [-0.2, -0.15) is 0 Å². The molecule has 1 saturated heterocycles. The third-order valence-corrected chi connectivity index (χ3v) is 4.08. The highest BCUT2D eigenvalue weighted by Gasteiger charge is 2.48. The number of hydrogen-bond donors (Lipinski definition) is 0. The number of fused-ring (bicyclic) bond motifs is 1. The van der Waals surface area contributed by atoms with E-state index in [2.05, 4.69) is 23.8 Å². The van der Waals surface area contributed by atoms with Gasteiger partial charge in [0.25, 0.3) is 5.91 Å². The summed E-state index contributed by atoms with van der Waals surface area (Å²) in [7, 11) is 3.20. The highest BCUT2D eigenvalue weighted by molar-refractivity contribution is 6.01. The number of nitrogens with zero attached hydrogens (tertiary/aromatic N) is 4. The number of hydrogen-bond acceptors (Lipinski definition) is 4. The minimum Gasteiger partial charge on any atom is -0.347 e. The van der Waals surface area contributed by atoms with Gasteiger partial charge in [0.1, 0.15) is 0 Å². The second-order valence-corrected chi connectivity index (χ2v) is 5.68. The number of likely N-dealkylation sites (N-methyl/N-ethyl adjacent to an activating group) is 2. The van der Waals surface area contributed by atoms with Crippen molar-refractivity contribution < 1.29 is 9.59 Å². The summed E-state index contributed by atoms with van der Waals surface area (Å²) >= 11 is 0. The van der Waals surface area contributed by atoms with Crippen LogP contribution in [0.3, 0.4) is 0 Å². The van der Waals surface area contributed by atoms with Crippen LogP contribution >= 0.6 is 0 Å². The topological polar surface area (TPSA) is 56.2 Å². The maximum absolute atomic E-state index is 12.3. The third kappa shape index (κ3) is 2.87. The maximum Gasteiger partial charge on any atom is 0.328 e. The van der Waals surface area contributed by atoms with Gasteiger partial charge in [-0.15, -0.1) is 11.8 Å². The number of aliphatic imine (C=N–C) groups is 1. The van der Waals surface area contributed by atoms with Crippen molar-refractivity contribution in [1.29, 1.82) is 0 Å². The average Bonchev–Trinajstić information content (AvgIpc) is 2.90. The summed E-state index contributed by atoms with van der Waals surface area (Å²) in [6, 6.07) is -0.686. The number of amides is 3. The highest BCUT2D eigenvalue weighted by atomic mass is 16.2. The maximum atomic E-state index is 12.3. The number of carbonyl (C=O) groups is 2. The van der Waals surface area contributed by atoms with Crippen molar-refractivity contribution in [3.05, 3.63) is 0 Å². The zero-order valence-electron chi connectivity index (χ0n) is 13.0. The molecule has 0 saturated carbocycles. The van der Waals surface area contributed by atoms with Crippen molar-refractivity contribution in [3.63, 3.8) is 0 Å². The molecule has 0 radical (unpaired) electrons. The van der Waals surface area contributed by atoms with Crippen molar-refractivity contribution >= 4 is 18.3 Å². The summed E-state index contributed by atoms with van der Waals surface area (Å²) in [5, 5.41) is 0. The Bertz CT molecular complexity index is 520. The second-order valence-electron chi connectivity index (χ2n) is 5.68. The van der Waals surface area contributed by atoms with Gasteiger partial charge in [0.2, 0.25) is 0 Å². The Morgan fingerprint density at radius 3 is 2.76 bits per heavy atom. The molecule has 0 aromatic heterocycles. The summed E-state index contributed by atoms with van der Waals surface area (Å²) in [6.45, 7) is 4.74. The predicted molar refractivity (Wildman–Crippen MR) is 80.6 cm³/mol. The molecular weight excluding hydrogens is 268 g/mol. The molecule has 114 valence electrons. The fourth-order valence-corrected chi connectivity index (χ4v) is 2.65. The van der Waals surface area contributed by atoms with Gasteiger partial charge in [-0.3, -0.25) is 9.69 Å². The molecule has 0 aromatic rings. The van der Waals surface area contributed by atoms with Crippen molar-refractivity contribution in [2.45, 2.75) is 38.9 Å². The van der Waals surface area contributed by atoms with Crippen LogP contribution in [0.4, 0.5) is 4.79 Å². The summed E-state index contributed by atoms with van der Waals surface area (Å²) in [4.78, 5) is 33.2. The zero-order valence-corrected chi connectivity index (χ0v) is 13.0. The molecule has 0 spiro atoms. The van der Waals surface area contributed by atoms with Crippen molar-refractivity contribution in [1.82, 2.24) is 14.7 Å². The lowest BCUT2D eigenvalue weighted by atomic mass is 10.0. The summed E-state index contributed by atoms with van der Waals surface area (Å²) in [6.07, 6.45) is 3.11. The number of rotatable bonds is 4. The summed E-state index contributed by atoms with van der Waals surface area (Å²) < 4.78 is 0. The van der Waals surface area contributed by atoms with E-state index in [1.165, 1.54) is 16.8 Å². The molecule has 0 aliphatic carbocycles. The molecular formula is C15H22N4O2. The number of carbonyl (C=O) groups excluding carboxylic acids is 2. The molecule has 0 bridgehead atoms. The van der Waals surface area contributed by atoms with Crippen molar-refractivity contribution in [2.75, 3.05) is 20.6 Å². The lowest BCUT2D eigenvalue weighted by molar-refractivity contribution is -0.136. The molecule has 0 aromatic carbocycles. The molecule has 1 fully saturated rings.